The summed E-state index contributed by atoms with van der Waals surface area (Å²) in [5.41, 5.74) is 6.32. The number of nitrogens with two attached hydrogens (primary N) is 1. The van der Waals surface area contributed by atoms with Gasteiger partial charge in [0.15, 0.2) is 17.7 Å². The number of ether oxygens (including phenoxy) is 1. The predicted molar refractivity (Wildman–Crippen MR) is 68.8 cm³/mol. The van der Waals surface area contributed by atoms with Crippen molar-refractivity contribution in [3.8, 4) is 0 Å². The van der Waals surface area contributed by atoms with Gasteiger partial charge in [-0.3, -0.25) is 4.57 Å². The highest BCUT2D eigenvalue weighted by atomic mass is 16.6. The standard InChI is InChI=1S/C11H15N5O5/c12-9-5-10(14-2-13-9)16(3-15-5)11-8(20)7(19)6(18)4(1-17)21-11/h2-4,6-8,11,17-20H,1H2,(H2,12,13,14)/t4-,6+,7+,8+,11+/m1/s1. The van der Waals surface area contributed by atoms with Gasteiger partial charge in [-0.15, -0.1) is 0 Å². The van der Waals surface area contributed by atoms with E-state index in [2.05, 4.69) is 15.0 Å². The third-order valence-electron chi connectivity index (χ3n) is 3.53. The van der Waals surface area contributed by atoms with Crippen LogP contribution in [0.3, 0.4) is 0 Å². The number of rotatable bonds is 2. The molecule has 1 aliphatic heterocycles. The number of nitrogens with zero attached hydrogens (tertiary/aromatic N) is 4. The first-order valence-electron chi connectivity index (χ1n) is 6.28. The molecule has 0 spiro atoms. The van der Waals surface area contributed by atoms with Gasteiger partial charge in [-0.05, 0) is 0 Å². The summed E-state index contributed by atoms with van der Waals surface area (Å²) in [6.07, 6.45) is -3.82. The molecule has 1 saturated heterocycles. The lowest BCUT2D eigenvalue weighted by molar-refractivity contribution is -0.250. The van der Waals surface area contributed by atoms with Crippen molar-refractivity contribution >= 4 is 17.0 Å². The van der Waals surface area contributed by atoms with Crippen molar-refractivity contribution in [2.24, 2.45) is 0 Å². The molecule has 0 aromatic carbocycles. The zero-order valence-corrected chi connectivity index (χ0v) is 10.8. The van der Waals surface area contributed by atoms with E-state index in [9.17, 15) is 20.4 Å². The van der Waals surface area contributed by atoms with E-state index in [0.717, 1.165) is 0 Å². The number of nitrogen functional groups attached to an aromatic ring is 1. The molecule has 0 amide bonds. The Hall–Kier alpha value is -1.85. The fourth-order valence-electron chi connectivity index (χ4n) is 2.37. The van der Waals surface area contributed by atoms with Gasteiger partial charge in [0.05, 0.1) is 12.9 Å². The predicted octanol–water partition coefficient (Wildman–Crippen LogP) is -2.62. The summed E-state index contributed by atoms with van der Waals surface area (Å²) in [5, 5.41) is 38.8. The van der Waals surface area contributed by atoms with Crippen LogP contribution in [0.15, 0.2) is 12.7 Å². The summed E-state index contributed by atoms with van der Waals surface area (Å²) in [6, 6.07) is 0. The quantitative estimate of drug-likeness (QED) is 0.400. The fraction of sp³-hybridized carbons (Fsp3) is 0.545. The van der Waals surface area contributed by atoms with Crippen LogP contribution < -0.4 is 5.73 Å². The first kappa shape index (κ1) is 14.1. The molecule has 0 saturated carbocycles. The van der Waals surface area contributed by atoms with Crippen molar-refractivity contribution in [1.82, 2.24) is 19.5 Å². The molecular weight excluding hydrogens is 282 g/mol. The minimum atomic E-state index is -1.47. The molecule has 5 atom stereocenters. The third kappa shape index (κ3) is 2.13. The van der Waals surface area contributed by atoms with E-state index in [1.54, 1.807) is 0 Å². The van der Waals surface area contributed by atoms with Crippen molar-refractivity contribution in [3.63, 3.8) is 0 Å². The Morgan fingerprint density at radius 2 is 1.90 bits per heavy atom. The number of anilines is 1. The molecular formula is C11H15N5O5. The van der Waals surface area contributed by atoms with Crippen molar-refractivity contribution < 1.29 is 25.2 Å². The van der Waals surface area contributed by atoms with Crippen LogP contribution in [-0.4, -0.2) is 71.0 Å². The molecule has 0 aliphatic carbocycles. The van der Waals surface area contributed by atoms with Crippen LogP contribution in [0.25, 0.3) is 11.2 Å². The average molecular weight is 297 g/mol. The Balaban J connectivity index is 2.03. The number of fused-ring (bicyclic) bond motifs is 1. The van der Waals surface area contributed by atoms with E-state index < -0.39 is 37.3 Å². The molecule has 114 valence electrons. The lowest BCUT2D eigenvalue weighted by atomic mass is 9.98. The Kier molecular flexibility index (Phi) is 3.47. The molecule has 1 fully saturated rings. The summed E-state index contributed by atoms with van der Waals surface area (Å²) in [5.74, 6) is 0.170. The summed E-state index contributed by atoms with van der Waals surface area (Å²) in [6.45, 7) is -0.509. The molecule has 0 bridgehead atoms. The molecule has 2 aromatic heterocycles. The highest BCUT2D eigenvalue weighted by Gasteiger charge is 2.44. The normalized spacial score (nSPS) is 33.4. The van der Waals surface area contributed by atoms with Gasteiger partial charge in [0.25, 0.3) is 0 Å². The second-order valence-corrected chi connectivity index (χ2v) is 4.80. The van der Waals surface area contributed by atoms with Crippen LogP contribution in [0.4, 0.5) is 5.82 Å². The second kappa shape index (κ2) is 5.16. The van der Waals surface area contributed by atoms with Crippen LogP contribution >= 0.6 is 0 Å². The van der Waals surface area contributed by atoms with Crippen LogP contribution in [-0.2, 0) is 4.74 Å². The van der Waals surface area contributed by atoms with Crippen molar-refractivity contribution in [3.05, 3.63) is 12.7 Å². The van der Waals surface area contributed by atoms with E-state index in [1.807, 2.05) is 0 Å². The molecule has 3 rings (SSSR count). The molecule has 21 heavy (non-hydrogen) atoms. The average Bonchev–Trinajstić information content (AvgIpc) is 2.91. The van der Waals surface area contributed by atoms with Gasteiger partial charge >= 0.3 is 0 Å². The SMILES string of the molecule is Nc1ncnc2c1ncn2[C@H]1O[C@H](CO)[C@H](O)[C@H](O)[C@@H]1O. The lowest BCUT2D eigenvalue weighted by Crippen LogP contribution is -2.56. The van der Waals surface area contributed by atoms with E-state index in [4.69, 9.17) is 10.5 Å². The fourth-order valence-corrected chi connectivity index (χ4v) is 2.37. The molecule has 6 N–H and O–H groups in total. The maximum absolute atomic E-state index is 10.1. The number of aliphatic hydroxyl groups excluding tert-OH is 4. The largest absolute Gasteiger partial charge is 0.394 e. The smallest absolute Gasteiger partial charge is 0.167 e. The minimum absolute atomic E-state index is 0.170. The van der Waals surface area contributed by atoms with Gasteiger partial charge in [0.1, 0.15) is 36.3 Å². The summed E-state index contributed by atoms with van der Waals surface area (Å²) in [7, 11) is 0. The highest BCUT2D eigenvalue weighted by Crippen LogP contribution is 2.30. The zero-order chi connectivity index (χ0) is 15.1. The van der Waals surface area contributed by atoms with Gasteiger partial charge in [-0.25, -0.2) is 15.0 Å². The molecule has 1 aliphatic rings. The Bertz CT molecular complexity index is 647. The summed E-state index contributed by atoms with van der Waals surface area (Å²) >= 11 is 0. The topological polar surface area (TPSA) is 160 Å². The van der Waals surface area contributed by atoms with E-state index in [-0.39, 0.29) is 5.82 Å². The second-order valence-electron chi connectivity index (χ2n) is 4.80. The highest BCUT2D eigenvalue weighted by molar-refractivity contribution is 5.81. The van der Waals surface area contributed by atoms with E-state index in [0.29, 0.717) is 11.2 Å². The van der Waals surface area contributed by atoms with Gasteiger partial charge < -0.3 is 30.9 Å². The van der Waals surface area contributed by atoms with Crippen molar-refractivity contribution in [1.29, 1.82) is 0 Å². The maximum atomic E-state index is 10.1. The van der Waals surface area contributed by atoms with Crippen LogP contribution in [0.2, 0.25) is 0 Å². The van der Waals surface area contributed by atoms with E-state index in [1.165, 1.54) is 17.2 Å². The first-order chi connectivity index (χ1) is 10.0. The molecule has 0 unspecified atom stereocenters. The Morgan fingerprint density at radius 3 is 2.62 bits per heavy atom. The van der Waals surface area contributed by atoms with Crippen LogP contribution in [0, 0.1) is 0 Å². The van der Waals surface area contributed by atoms with Crippen molar-refractivity contribution in [2.75, 3.05) is 12.3 Å². The minimum Gasteiger partial charge on any atom is -0.394 e. The molecule has 10 nitrogen and oxygen atoms in total. The van der Waals surface area contributed by atoms with Gasteiger partial charge in [0, 0.05) is 0 Å². The Labute approximate surface area is 118 Å². The Morgan fingerprint density at radius 1 is 1.14 bits per heavy atom. The number of aliphatic hydroxyl groups is 4. The summed E-state index contributed by atoms with van der Waals surface area (Å²) in [4.78, 5) is 11.9. The maximum Gasteiger partial charge on any atom is 0.167 e. The number of hydrogen-bond acceptors (Lipinski definition) is 9. The zero-order valence-electron chi connectivity index (χ0n) is 10.8. The molecule has 2 aromatic rings. The van der Waals surface area contributed by atoms with Crippen LogP contribution in [0.1, 0.15) is 6.23 Å². The summed E-state index contributed by atoms with van der Waals surface area (Å²) < 4.78 is 6.81. The number of imidazole rings is 1. The van der Waals surface area contributed by atoms with Gasteiger partial charge in [-0.2, -0.15) is 0 Å². The third-order valence-corrected chi connectivity index (χ3v) is 3.53. The lowest BCUT2D eigenvalue weighted by Gasteiger charge is -2.40. The molecule has 10 heteroatoms. The van der Waals surface area contributed by atoms with E-state index >= 15 is 0 Å². The molecule has 0 radical (unpaired) electrons. The van der Waals surface area contributed by atoms with Crippen molar-refractivity contribution in [2.45, 2.75) is 30.6 Å². The van der Waals surface area contributed by atoms with Gasteiger partial charge in [0.2, 0.25) is 0 Å². The van der Waals surface area contributed by atoms with Crippen LogP contribution in [0.5, 0.6) is 0 Å². The number of aromatic nitrogens is 4. The molecule has 3 heterocycles. The first-order valence-corrected chi connectivity index (χ1v) is 6.28. The van der Waals surface area contributed by atoms with Gasteiger partial charge in [-0.1, -0.05) is 0 Å². The monoisotopic (exact) mass is 297 g/mol. The number of hydrogen-bond donors (Lipinski definition) is 5.